The first-order valence-electron chi connectivity index (χ1n) is 5.76. The molecule has 2 rings (SSSR count). The predicted molar refractivity (Wildman–Crippen MR) is 79.6 cm³/mol. The summed E-state index contributed by atoms with van der Waals surface area (Å²) in [7, 11) is -0.737. The molecule has 0 aliphatic carbocycles. The van der Waals surface area contributed by atoms with Crippen LogP contribution in [0.25, 0.3) is 0 Å². The highest BCUT2D eigenvalue weighted by Gasteiger charge is 2.21. The Morgan fingerprint density at radius 3 is 2.28 bits per heavy atom. The quantitative estimate of drug-likeness (QED) is 0.657. The van der Waals surface area contributed by atoms with E-state index < -0.39 is 7.14 Å². The van der Waals surface area contributed by atoms with Crippen LogP contribution in [0.15, 0.2) is 48.5 Å². The Labute approximate surface area is 107 Å². The van der Waals surface area contributed by atoms with Gasteiger partial charge in [0, 0.05) is 29.0 Å². The van der Waals surface area contributed by atoms with Crippen LogP contribution in [-0.2, 0) is 4.57 Å². The number of benzene rings is 2. The van der Waals surface area contributed by atoms with Crippen molar-refractivity contribution in [3.8, 4) is 0 Å². The van der Waals surface area contributed by atoms with Gasteiger partial charge >= 0.3 is 0 Å². The van der Waals surface area contributed by atoms with Gasteiger partial charge in [-0.05, 0) is 30.9 Å². The fourth-order valence-corrected chi connectivity index (χ4v) is 3.69. The summed E-state index contributed by atoms with van der Waals surface area (Å²) in [5.41, 5.74) is 7.35. The van der Waals surface area contributed by atoms with Crippen LogP contribution in [0.4, 0.5) is 11.4 Å². The van der Waals surface area contributed by atoms with Crippen LogP contribution < -0.4 is 21.7 Å². The molecule has 0 aliphatic heterocycles. The maximum atomic E-state index is 13.0. The summed E-state index contributed by atoms with van der Waals surface area (Å²) in [4.78, 5) is 0. The molecule has 0 bridgehead atoms. The topological polar surface area (TPSA) is 55.1 Å². The molecule has 2 aromatic rings. The van der Waals surface area contributed by atoms with Crippen molar-refractivity contribution in [3.63, 3.8) is 0 Å². The first-order chi connectivity index (χ1) is 8.54. The van der Waals surface area contributed by atoms with Crippen LogP contribution in [0.1, 0.15) is 0 Å². The van der Waals surface area contributed by atoms with Crippen LogP contribution in [0.2, 0.25) is 0 Å². The van der Waals surface area contributed by atoms with Crippen molar-refractivity contribution in [1.29, 1.82) is 0 Å². The van der Waals surface area contributed by atoms with E-state index in [-0.39, 0.29) is 0 Å². The van der Waals surface area contributed by atoms with Gasteiger partial charge in [0.05, 0.1) is 0 Å². The molecule has 94 valence electrons. The molecule has 4 heteroatoms. The number of anilines is 2. The molecule has 0 aliphatic rings. The lowest BCUT2D eigenvalue weighted by Crippen LogP contribution is -2.15. The fraction of sp³-hybridized carbons (Fsp3) is 0.143. The summed E-state index contributed by atoms with van der Waals surface area (Å²) in [6.07, 6.45) is 0. The second-order valence-electron chi connectivity index (χ2n) is 4.32. The molecular weight excluding hydrogens is 243 g/mol. The summed E-state index contributed by atoms with van der Waals surface area (Å²) in [5, 5.41) is 4.68. The average molecular weight is 260 g/mol. The van der Waals surface area contributed by atoms with E-state index in [1.165, 1.54) is 0 Å². The van der Waals surface area contributed by atoms with E-state index in [1.807, 2.05) is 43.4 Å². The normalized spacial score (nSPS) is 13.9. The summed E-state index contributed by atoms with van der Waals surface area (Å²) in [6, 6.07) is 15.0. The van der Waals surface area contributed by atoms with Gasteiger partial charge in [0.25, 0.3) is 0 Å². The first kappa shape index (κ1) is 12.7. The van der Waals surface area contributed by atoms with Gasteiger partial charge in [-0.25, -0.2) is 0 Å². The fourth-order valence-electron chi connectivity index (χ4n) is 1.87. The Morgan fingerprint density at radius 1 is 1.06 bits per heavy atom. The standard InChI is InChI=1S/C14H17N2OP/c1-16-12-6-4-8-14(10-12)18(2,17)13-7-3-5-11(15)9-13/h3-10,16H,15H2,1-2H3. The molecule has 2 aromatic carbocycles. The maximum absolute atomic E-state index is 13.0. The third kappa shape index (κ3) is 2.41. The minimum Gasteiger partial charge on any atom is -0.399 e. The zero-order valence-electron chi connectivity index (χ0n) is 10.6. The van der Waals surface area contributed by atoms with E-state index in [4.69, 9.17) is 5.73 Å². The van der Waals surface area contributed by atoms with E-state index >= 15 is 0 Å². The molecule has 0 fully saturated rings. The molecule has 0 aromatic heterocycles. The van der Waals surface area contributed by atoms with Crippen LogP contribution in [-0.4, -0.2) is 13.7 Å². The van der Waals surface area contributed by atoms with Crippen LogP contribution >= 0.6 is 7.14 Å². The highest BCUT2D eigenvalue weighted by Crippen LogP contribution is 2.39. The highest BCUT2D eigenvalue weighted by molar-refractivity contribution is 7.78. The summed E-state index contributed by atoms with van der Waals surface area (Å²) in [5.74, 6) is 0. The minimum atomic E-state index is -2.58. The maximum Gasteiger partial charge on any atom is 0.140 e. The zero-order chi connectivity index (χ0) is 13.2. The monoisotopic (exact) mass is 260 g/mol. The number of nitrogen functional groups attached to an aromatic ring is 1. The van der Waals surface area contributed by atoms with Gasteiger partial charge < -0.3 is 15.6 Å². The van der Waals surface area contributed by atoms with Gasteiger partial charge in [0.15, 0.2) is 0 Å². The minimum absolute atomic E-state index is 0.638. The molecule has 18 heavy (non-hydrogen) atoms. The molecule has 0 saturated heterocycles. The Morgan fingerprint density at radius 2 is 1.67 bits per heavy atom. The van der Waals surface area contributed by atoms with Crippen molar-refractivity contribution in [1.82, 2.24) is 0 Å². The average Bonchev–Trinajstić information content (AvgIpc) is 2.39. The predicted octanol–water partition coefficient (Wildman–Crippen LogP) is 2.25. The van der Waals surface area contributed by atoms with Gasteiger partial charge in [-0.3, -0.25) is 0 Å². The number of nitrogens with two attached hydrogens (primary N) is 1. The van der Waals surface area contributed by atoms with Crippen molar-refractivity contribution in [3.05, 3.63) is 48.5 Å². The molecule has 3 nitrogen and oxygen atoms in total. The van der Waals surface area contributed by atoms with Gasteiger partial charge in [0.1, 0.15) is 7.14 Å². The second kappa shape index (κ2) is 4.87. The van der Waals surface area contributed by atoms with Crippen molar-refractivity contribution in [2.24, 2.45) is 0 Å². The second-order valence-corrected chi connectivity index (χ2v) is 7.20. The Hall–Kier alpha value is -1.73. The number of nitrogens with one attached hydrogen (secondary N) is 1. The molecular formula is C14H17N2OP. The van der Waals surface area contributed by atoms with Crippen molar-refractivity contribution < 1.29 is 4.57 Å². The van der Waals surface area contributed by atoms with Gasteiger partial charge in [-0.1, -0.05) is 24.3 Å². The number of rotatable bonds is 3. The molecule has 0 spiro atoms. The molecule has 3 N–H and O–H groups in total. The van der Waals surface area contributed by atoms with Gasteiger partial charge in [0.2, 0.25) is 0 Å². The van der Waals surface area contributed by atoms with E-state index in [0.717, 1.165) is 16.3 Å². The molecule has 0 heterocycles. The number of hydrogen-bond donors (Lipinski definition) is 2. The van der Waals surface area contributed by atoms with Gasteiger partial charge in [-0.15, -0.1) is 0 Å². The van der Waals surface area contributed by atoms with Crippen LogP contribution in [0, 0.1) is 0 Å². The smallest absolute Gasteiger partial charge is 0.140 e. The Kier molecular flexibility index (Phi) is 3.44. The molecule has 0 amide bonds. The largest absolute Gasteiger partial charge is 0.399 e. The summed E-state index contributed by atoms with van der Waals surface area (Å²) in [6.45, 7) is 1.77. The highest BCUT2D eigenvalue weighted by atomic mass is 31.2. The van der Waals surface area contributed by atoms with Crippen LogP contribution in [0.5, 0.6) is 0 Å². The van der Waals surface area contributed by atoms with Gasteiger partial charge in [-0.2, -0.15) is 0 Å². The van der Waals surface area contributed by atoms with E-state index in [9.17, 15) is 4.57 Å². The lowest BCUT2D eigenvalue weighted by molar-refractivity contribution is 0.590. The first-order valence-corrected chi connectivity index (χ1v) is 7.91. The van der Waals surface area contributed by atoms with E-state index in [2.05, 4.69) is 5.32 Å². The van der Waals surface area contributed by atoms with Crippen LogP contribution in [0.3, 0.4) is 0 Å². The van der Waals surface area contributed by atoms with Crippen molar-refractivity contribution >= 4 is 29.1 Å². The molecule has 1 atom stereocenters. The van der Waals surface area contributed by atoms with E-state index in [0.29, 0.717) is 5.69 Å². The summed E-state index contributed by atoms with van der Waals surface area (Å²) < 4.78 is 13.0. The SMILES string of the molecule is CNc1cccc(P(C)(=O)c2cccc(N)c2)c1. The third-order valence-electron chi connectivity index (χ3n) is 2.99. The van der Waals surface area contributed by atoms with E-state index in [1.54, 1.807) is 18.8 Å². The van der Waals surface area contributed by atoms with Crippen molar-refractivity contribution in [2.75, 3.05) is 24.8 Å². The molecule has 0 radical (unpaired) electrons. The summed E-state index contributed by atoms with van der Waals surface area (Å²) >= 11 is 0. The molecule has 0 saturated carbocycles. The zero-order valence-corrected chi connectivity index (χ0v) is 11.4. The molecule has 1 unspecified atom stereocenters. The Bertz CT molecular complexity index is 610. The lowest BCUT2D eigenvalue weighted by Gasteiger charge is -2.15. The van der Waals surface area contributed by atoms with Crippen molar-refractivity contribution in [2.45, 2.75) is 0 Å². The lowest BCUT2D eigenvalue weighted by atomic mass is 10.3. The third-order valence-corrected chi connectivity index (χ3v) is 5.52. The number of hydrogen-bond acceptors (Lipinski definition) is 3. The Balaban J connectivity index is 2.50.